The van der Waals surface area contributed by atoms with Crippen molar-refractivity contribution in [2.75, 3.05) is 0 Å². The number of hydrazine groups is 1. The predicted molar refractivity (Wildman–Crippen MR) is 81.5 cm³/mol. The molecule has 100 valence electrons. The van der Waals surface area contributed by atoms with Crippen LogP contribution in [-0.2, 0) is 0 Å². The summed E-state index contributed by atoms with van der Waals surface area (Å²) in [6.07, 6.45) is 5.04. The van der Waals surface area contributed by atoms with Gasteiger partial charge in [0.25, 0.3) is 0 Å². The number of fused-ring (bicyclic) bond motifs is 1. The molecule has 3 N–H and O–H groups in total. The molecule has 3 rings (SSSR count). The Kier molecular flexibility index (Phi) is 3.82. The van der Waals surface area contributed by atoms with Crippen LogP contribution in [0.15, 0.2) is 34.8 Å². The summed E-state index contributed by atoms with van der Waals surface area (Å²) in [4.78, 5) is 4.75. The molecule has 1 fully saturated rings. The van der Waals surface area contributed by atoms with E-state index in [4.69, 9.17) is 10.8 Å². The van der Waals surface area contributed by atoms with E-state index in [1.54, 1.807) is 0 Å². The molecule has 0 amide bonds. The second-order valence-corrected chi connectivity index (χ2v) is 6.14. The second-order valence-electron chi connectivity index (χ2n) is 5.29. The van der Waals surface area contributed by atoms with Gasteiger partial charge in [-0.3, -0.25) is 11.3 Å². The highest BCUT2D eigenvalue weighted by molar-refractivity contribution is 9.10. The zero-order valence-corrected chi connectivity index (χ0v) is 12.4. The fourth-order valence-corrected chi connectivity index (χ4v) is 3.07. The average molecular weight is 320 g/mol. The number of aromatic nitrogens is 1. The van der Waals surface area contributed by atoms with E-state index in [0.29, 0.717) is 0 Å². The maximum atomic E-state index is 5.71. The lowest BCUT2D eigenvalue weighted by atomic mass is 10.0. The van der Waals surface area contributed by atoms with E-state index in [-0.39, 0.29) is 6.04 Å². The molecule has 2 aromatic rings. The quantitative estimate of drug-likeness (QED) is 0.652. The highest BCUT2D eigenvalue weighted by Crippen LogP contribution is 2.36. The monoisotopic (exact) mass is 319 g/mol. The molecule has 3 nitrogen and oxygen atoms in total. The molecular weight excluding hydrogens is 302 g/mol. The molecule has 1 aliphatic rings. The van der Waals surface area contributed by atoms with Crippen LogP contribution in [0.4, 0.5) is 0 Å². The number of nitrogens with zero attached hydrogens (tertiary/aromatic N) is 1. The van der Waals surface area contributed by atoms with Crippen LogP contribution in [0.1, 0.15) is 37.4 Å². The molecule has 1 atom stereocenters. The predicted octanol–water partition coefficient (Wildman–Crippen LogP) is 3.69. The van der Waals surface area contributed by atoms with Gasteiger partial charge in [-0.15, -0.1) is 0 Å². The minimum Gasteiger partial charge on any atom is -0.271 e. The average Bonchev–Trinajstić information content (AvgIpc) is 3.24. The Morgan fingerprint density at radius 1 is 1.37 bits per heavy atom. The molecule has 0 radical (unpaired) electrons. The second kappa shape index (κ2) is 5.57. The maximum Gasteiger partial charge on any atom is 0.0736 e. The summed E-state index contributed by atoms with van der Waals surface area (Å²) in [5, 5.41) is 1.15. The summed E-state index contributed by atoms with van der Waals surface area (Å²) in [5.74, 6) is 6.63. The number of benzene rings is 1. The van der Waals surface area contributed by atoms with Gasteiger partial charge >= 0.3 is 0 Å². The number of nitrogens with two attached hydrogens (primary N) is 1. The number of rotatable bonds is 5. The Bertz CT molecular complexity index is 581. The minimum absolute atomic E-state index is 0.125. The summed E-state index contributed by atoms with van der Waals surface area (Å²) < 4.78 is 1.03. The number of pyridine rings is 1. The van der Waals surface area contributed by atoms with Gasteiger partial charge in [0.2, 0.25) is 0 Å². The van der Waals surface area contributed by atoms with Gasteiger partial charge in [0, 0.05) is 9.86 Å². The highest BCUT2D eigenvalue weighted by atomic mass is 79.9. The third-order valence-electron chi connectivity index (χ3n) is 3.80. The molecule has 1 aromatic carbocycles. The highest BCUT2D eigenvalue weighted by Gasteiger charge is 2.24. The Balaban J connectivity index is 1.89. The minimum atomic E-state index is 0.125. The lowest BCUT2D eigenvalue weighted by Gasteiger charge is -2.17. The van der Waals surface area contributed by atoms with Crippen LogP contribution in [0.3, 0.4) is 0 Å². The first kappa shape index (κ1) is 13.0. The Morgan fingerprint density at radius 2 is 2.16 bits per heavy atom. The molecule has 0 saturated heterocycles. The Hall–Kier alpha value is -0.970. The topological polar surface area (TPSA) is 50.9 Å². The van der Waals surface area contributed by atoms with Crippen LogP contribution in [-0.4, -0.2) is 4.98 Å². The number of hydrogen-bond acceptors (Lipinski definition) is 3. The van der Waals surface area contributed by atoms with Gasteiger partial charge in [0.1, 0.15) is 0 Å². The van der Waals surface area contributed by atoms with Crippen LogP contribution >= 0.6 is 15.9 Å². The van der Waals surface area contributed by atoms with Crippen LogP contribution in [0, 0.1) is 5.92 Å². The standard InChI is InChI=1S/C15H18BrN3/c16-12-9-11-3-1-2-4-13(11)18-15(12)14(19-17)8-7-10-5-6-10/h1-4,9-10,14,19H,5-8,17H2. The van der Waals surface area contributed by atoms with E-state index >= 15 is 0 Å². The van der Waals surface area contributed by atoms with Gasteiger partial charge < -0.3 is 0 Å². The van der Waals surface area contributed by atoms with Gasteiger partial charge in [-0.1, -0.05) is 31.0 Å². The molecule has 1 unspecified atom stereocenters. The van der Waals surface area contributed by atoms with Crippen LogP contribution in [0.25, 0.3) is 10.9 Å². The molecular formula is C15H18BrN3. The van der Waals surface area contributed by atoms with Crippen molar-refractivity contribution in [2.45, 2.75) is 31.7 Å². The SMILES string of the molecule is NNC(CCC1CC1)c1nc2ccccc2cc1Br. The van der Waals surface area contributed by atoms with E-state index in [9.17, 15) is 0 Å². The van der Waals surface area contributed by atoms with E-state index in [0.717, 1.165) is 33.4 Å². The summed E-state index contributed by atoms with van der Waals surface area (Å²) in [5.41, 5.74) is 4.95. The number of halogens is 1. The first-order chi connectivity index (χ1) is 9.28. The van der Waals surface area contributed by atoms with Crippen molar-refractivity contribution in [3.8, 4) is 0 Å². The van der Waals surface area contributed by atoms with Gasteiger partial charge in [0.05, 0.1) is 17.3 Å². The fraction of sp³-hybridized carbons (Fsp3) is 0.400. The lowest BCUT2D eigenvalue weighted by Crippen LogP contribution is -2.29. The van der Waals surface area contributed by atoms with Crippen molar-refractivity contribution in [1.29, 1.82) is 0 Å². The van der Waals surface area contributed by atoms with Crippen molar-refractivity contribution in [1.82, 2.24) is 10.4 Å². The maximum absolute atomic E-state index is 5.71. The third-order valence-corrected chi connectivity index (χ3v) is 4.43. The molecule has 1 aliphatic carbocycles. The van der Waals surface area contributed by atoms with E-state index < -0.39 is 0 Å². The van der Waals surface area contributed by atoms with Gasteiger partial charge in [-0.2, -0.15) is 0 Å². The zero-order chi connectivity index (χ0) is 13.2. The van der Waals surface area contributed by atoms with Crippen molar-refractivity contribution in [3.63, 3.8) is 0 Å². The van der Waals surface area contributed by atoms with Crippen LogP contribution in [0.5, 0.6) is 0 Å². The van der Waals surface area contributed by atoms with Crippen LogP contribution < -0.4 is 11.3 Å². The van der Waals surface area contributed by atoms with Gasteiger partial charge in [0.15, 0.2) is 0 Å². The first-order valence-electron chi connectivity index (χ1n) is 6.79. The van der Waals surface area contributed by atoms with E-state index in [1.165, 1.54) is 19.3 Å². The fourth-order valence-electron chi connectivity index (χ4n) is 2.46. The zero-order valence-electron chi connectivity index (χ0n) is 10.8. The molecule has 1 heterocycles. The normalized spacial score (nSPS) is 16.7. The smallest absolute Gasteiger partial charge is 0.0736 e. The largest absolute Gasteiger partial charge is 0.271 e. The molecule has 0 bridgehead atoms. The van der Waals surface area contributed by atoms with Crippen molar-refractivity contribution < 1.29 is 0 Å². The number of hydrogen-bond donors (Lipinski definition) is 2. The molecule has 19 heavy (non-hydrogen) atoms. The van der Waals surface area contributed by atoms with Crippen molar-refractivity contribution in [2.24, 2.45) is 11.8 Å². The molecule has 1 aromatic heterocycles. The number of nitrogens with one attached hydrogen (secondary N) is 1. The first-order valence-corrected chi connectivity index (χ1v) is 7.58. The van der Waals surface area contributed by atoms with Gasteiger partial charge in [-0.05, 0) is 46.8 Å². The van der Waals surface area contributed by atoms with E-state index in [2.05, 4.69) is 33.5 Å². The molecule has 1 saturated carbocycles. The Labute approximate surface area is 121 Å². The summed E-state index contributed by atoms with van der Waals surface area (Å²) in [7, 11) is 0. The van der Waals surface area contributed by atoms with Crippen LogP contribution in [0.2, 0.25) is 0 Å². The lowest BCUT2D eigenvalue weighted by molar-refractivity contribution is 0.472. The number of para-hydroxylation sites is 1. The van der Waals surface area contributed by atoms with Gasteiger partial charge in [-0.25, -0.2) is 4.98 Å². The summed E-state index contributed by atoms with van der Waals surface area (Å²) >= 11 is 3.62. The summed E-state index contributed by atoms with van der Waals surface area (Å²) in [6.45, 7) is 0. The van der Waals surface area contributed by atoms with Crippen molar-refractivity contribution in [3.05, 3.63) is 40.5 Å². The Morgan fingerprint density at radius 3 is 2.89 bits per heavy atom. The molecule has 0 aliphatic heterocycles. The molecule has 0 spiro atoms. The van der Waals surface area contributed by atoms with Crippen molar-refractivity contribution >= 4 is 26.8 Å². The summed E-state index contributed by atoms with van der Waals surface area (Å²) in [6, 6.07) is 10.4. The third kappa shape index (κ3) is 2.96. The molecule has 4 heteroatoms. The van der Waals surface area contributed by atoms with E-state index in [1.807, 2.05) is 18.2 Å².